The summed E-state index contributed by atoms with van der Waals surface area (Å²) in [4.78, 5) is 2.14. The normalized spacial score (nSPS) is 19.9. The number of aliphatic hydroxyl groups excluding tert-OH is 1. The minimum atomic E-state index is -0.618. The van der Waals surface area contributed by atoms with Gasteiger partial charge in [-0.15, -0.1) is 0 Å². The summed E-state index contributed by atoms with van der Waals surface area (Å²) >= 11 is 0. The van der Waals surface area contributed by atoms with Crippen molar-refractivity contribution in [2.75, 3.05) is 18.0 Å². The number of halogens is 1. The molecule has 0 saturated carbocycles. The molecule has 20 heavy (non-hydrogen) atoms. The van der Waals surface area contributed by atoms with Crippen molar-refractivity contribution in [1.82, 2.24) is 0 Å². The van der Waals surface area contributed by atoms with Gasteiger partial charge < -0.3 is 10.0 Å². The van der Waals surface area contributed by atoms with Gasteiger partial charge in [-0.3, -0.25) is 0 Å². The summed E-state index contributed by atoms with van der Waals surface area (Å²) in [5, 5.41) is 9.50. The summed E-state index contributed by atoms with van der Waals surface area (Å²) in [6.07, 6.45) is 4.07. The third-order valence-electron chi connectivity index (χ3n) is 5.12. The molecule has 1 saturated heterocycles. The van der Waals surface area contributed by atoms with Gasteiger partial charge in [0.25, 0.3) is 0 Å². The van der Waals surface area contributed by atoms with Gasteiger partial charge in [-0.1, -0.05) is 32.8 Å². The quantitative estimate of drug-likeness (QED) is 0.889. The maximum Gasteiger partial charge on any atom is 0.146 e. The Labute approximate surface area is 121 Å². The van der Waals surface area contributed by atoms with Gasteiger partial charge in [-0.2, -0.15) is 0 Å². The topological polar surface area (TPSA) is 23.5 Å². The fourth-order valence-corrected chi connectivity index (χ4v) is 3.22. The number of rotatable bonds is 4. The summed E-state index contributed by atoms with van der Waals surface area (Å²) in [6.45, 7) is 8.03. The minimum Gasteiger partial charge on any atom is -0.389 e. The van der Waals surface area contributed by atoms with Crippen molar-refractivity contribution in [3.8, 4) is 0 Å². The largest absolute Gasteiger partial charge is 0.389 e. The number of hydrogen-bond acceptors (Lipinski definition) is 2. The fraction of sp³-hybridized carbons (Fsp3) is 0.647. The molecule has 0 radical (unpaired) electrons. The molecule has 0 amide bonds. The highest BCUT2D eigenvalue weighted by Crippen LogP contribution is 2.39. The van der Waals surface area contributed by atoms with Crippen LogP contribution in [0.5, 0.6) is 0 Å². The predicted octanol–water partition coefficient (Wildman–Crippen LogP) is 4.29. The molecule has 112 valence electrons. The second-order valence-corrected chi connectivity index (χ2v) is 6.08. The van der Waals surface area contributed by atoms with Crippen molar-refractivity contribution in [3.05, 3.63) is 29.6 Å². The number of aliphatic hydroxyl groups is 1. The molecule has 0 aliphatic carbocycles. The third-order valence-corrected chi connectivity index (χ3v) is 5.12. The van der Waals surface area contributed by atoms with Crippen LogP contribution in [0.3, 0.4) is 0 Å². The Bertz CT molecular complexity index is 444. The molecule has 0 bridgehead atoms. The van der Waals surface area contributed by atoms with Gasteiger partial charge in [0.15, 0.2) is 0 Å². The molecule has 0 spiro atoms. The minimum absolute atomic E-state index is 0.219. The van der Waals surface area contributed by atoms with E-state index in [0.717, 1.165) is 25.9 Å². The van der Waals surface area contributed by atoms with E-state index in [1.165, 1.54) is 18.9 Å². The van der Waals surface area contributed by atoms with Gasteiger partial charge in [0, 0.05) is 13.1 Å². The molecule has 2 nitrogen and oxygen atoms in total. The van der Waals surface area contributed by atoms with Gasteiger partial charge in [0.05, 0.1) is 11.8 Å². The second-order valence-electron chi connectivity index (χ2n) is 6.08. The van der Waals surface area contributed by atoms with Crippen molar-refractivity contribution in [3.63, 3.8) is 0 Å². The molecular weight excluding hydrogens is 253 g/mol. The van der Waals surface area contributed by atoms with E-state index in [9.17, 15) is 9.50 Å². The molecule has 1 fully saturated rings. The van der Waals surface area contributed by atoms with Crippen molar-refractivity contribution >= 4 is 5.69 Å². The molecule has 1 aromatic carbocycles. The van der Waals surface area contributed by atoms with Crippen LogP contribution in [0.25, 0.3) is 0 Å². The van der Waals surface area contributed by atoms with E-state index in [1.807, 2.05) is 12.1 Å². The van der Waals surface area contributed by atoms with Crippen LogP contribution in [0, 0.1) is 11.2 Å². The Morgan fingerprint density at radius 1 is 1.25 bits per heavy atom. The first kappa shape index (κ1) is 15.3. The van der Waals surface area contributed by atoms with Crippen molar-refractivity contribution < 1.29 is 9.50 Å². The van der Waals surface area contributed by atoms with Crippen LogP contribution in [0.1, 0.15) is 58.1 Å². The second kappa shape index (κ2) is 6.13. The molecule has 3 heteroatoms. The van der Waals surface area contributed by atoms with Crippen molar-refractivity contribution in [2.24, 2.45) is 5.41 Å². The number of nitrogens with zero attached hydrogens (tertiary/aromatic N) is 1. The molecule has 2 rings (SSSR count). The molecule has 0 aromatic heterocycles. The van der Waals surface area contributed by atoms with E-state index in [-0.39, 0.29) is 5.82 Å². The Morgan fingerprint density at radius 2 is 1.85 bits per heavy atom. The molecule has 1 aliphatic heterocycles. The Balaban J connectivity index is 2.11. The van der Waals surface area contributed by atoms with E-state index < -0.39 is 6.10 Å². The van der Waals surface area contributed by atoms with Crippen molar-refractivity contribution in [2.45, 2.75) is 52.6 Å². The fourth-order valence-electron chi connectivity index (χ4n) is 3.22. The van der Waals surface area contributed by atoms with E-state index in [1.54, 1.807) is 6.92 Å². The monoisotopic (exact) mass is 279 g/mol. The zero-order chi connectivity index (χ0) is 14.8. The van der Waals surface area contributed by atoms with Crippen LogP contribution < -0.4 is 4.90 Å². The maximum absolute atomic E-state index is 14.2. The highest BCUT2D eigenvalue weighted by Gasteiger charge is 2.31. The molecular formula is C17H26FNO. The van der Waals surface area contributed by atoms with Crippen LogP contribution in [-0.2, 0) is 0 Å². The Morgan fingerprint density at radius 3 is 2.30 bits per heavy atom. The van der Waals surface area contributed by atoms with Gasteiger partial charge >= 0.3 is 0 Å². The molecule has 1 N–H and O–H groups in total. The van der Waals surface area contributed by atoms with E-state index in [4.69, 9.17) is 0 Å². The molecule has 0 unspecified atom stereocenters. The first-order chi connectivity index (χ1) is 9.51. The lowest BCUT2D eigenvalue weighted by molar-refractivity contribution is 0.197. The van der Waals surface area contributed by atoms with Crippen molar-refractivity contribution in [1.29, 1.82) is 0 Å². The summed E-state index contributed by atoms with van der Waals surface area (Å²) < 4.78 is 14.2. The van der Waals surface area contributed by atoms with Crippen LogP contribution in [-0.4, -0.2) is 18.2 Å². The van der Waals surface area contributed by atoms with Crippen LogP contribution in [0.4, 0.5) is 10.1 Å². The van der Waals surface area contributed by atoms with Gasteiger partial charge in [0.1, 0.15) is 5.82 Å². The molecule has 1 aliphatic rings. The van der Waals surface area contributed by atoms with Crippen LogP contribution >= 0.6 is 0 Å². The number of benzene rings is 1. The number of hydrogen-bond donors (Lipinski definition) is 1. The van der Waals surface area contributed by atoms with Crippen LogP contribution in [0.2, 0.25) is 0 Å². The average Bonchev–Trinajstić information content (AvgIpc) is 2.47. The first-order valence-corrected chi connectivity index (χ1v) is 7.74. The SMILES string of the molecule is CCC1(CC)CCN(c2ccc([C@H](C)O)cc2F)CC1. The van der Waals surface area contributed by atoms with Gasteiger partial charge in [0.2, 0.25) is 0 Å². The average molecular weight is 279 g/mol. The van der Waals surface area contributed by atoms with E-state index in [2.05, 4.69) is 18.7 Å². The lowest BCUT2D eigenvalue weighted by Crippen LogP contribution is -2.40. The Hall–Kier alpha value is -1.09. The smallest absolute Gasteiger partial charge is 0.146 e. The van der Waals surface area contributed by atoms with E-state index >= 15 is 0 Å². The summed E-state index contributed by atoms with van der Waals surface area (Å²) in [5.74, 6) is -0.219. The molecule has 1 aromatic rings. The van der Waals surface area contributed by atoms with E-state index in [0.29, 0.717) is 16.7 Å². The number of piperidine rings is 1. The highest BCUT2D eigenvalue weighted by molar-refractivity contribution is 5.50. The van der Waals surface area contributed by atoms with Gasteiger partial charge in [-0.05, 0) is 42.9 Å². The lowest BCUT2D eigenvalue weighted by atomic mass is 9.74. The summed E-state index contributed by atoms with van der Waals surface area (Å²) in [6, 6.07) is 5.09. The first-order valence-electron chi connectivity index (χ1n) is 7.74. The lowest BCUT2D eigenvalue weighted by Gasteiger charge is -2.42. The zero-order valence-corrected chi connectivity index (χ0v) is 12.8. The zero-order valence-electron chi connectivity index (χ0n) is 12.8. The summed E-state index contributed by atoms with van der Waals surface area (Å²) in [5.41, 5.74) is 1.77. The number of anilines is 1. The third kappa shape index (κ3) is 2.98. The molecule has 1 atom stereocenters. The molecule has 1 heterocycles. The van der Waals surface area contributed by atoms with Gasteiger partial charge in [-0.25, -0.2) is 4.39 Å². The predicted molar refractivity (Wildman–Crippen MR) is 81.5 cm³/mol. The maximum atomic E-state index is 14.2. The standard InChI is InChI=1S/C17H26FNO/c1-4-17(5-2)8-10-19(11-9-17)16-7-6-14(13(3)20)12-15(16)18/h6-7,12-13,20H,4-5,8-11H2,1-3H3/t13-/m0/s1. The summed E-state index contributed by atoms with van der Waals surface area (Å²) in [7, 11) is 0. The Kier molecular flexibility index (Phi) is 4.69. The van der Waals surface area contributed by atoms with Crippen LogP contribution in [0.15, 0.2) is 18.2 Å². The highest BCUT2D eigenvalue weighted by atomic mass is 19.1.